The Morgan fingerprint density at radius 1 is 1.29 bits per heavy atom. The van der Waals surface area contributed by atoms with Crippen molar-refractivity contribution < 1.29 is 4.74 Å². The van der Waals surface area contributed by atoms with Gasteiger partial charge in [-0.2, -0.15) is 0 Å². The largest absolute Gasteiger partial charge is 0.487 e. The van der Waals surface area contributed by atoms with Crippen LogP contribution in [0.1, 0.15) is 11.3 Å². The highest BCUT2D eigenvalue weighted by Crippen LogP contribution is 2.23. The fourth-order valence-corrected chi connectivity index (χ4v) is 1.61. The van der Waals surface area contributed by atoms with Crippen LogP contribution in [0.5, 0.6) is 5.75 Å². The number of benzene rings is 1. The lowest BCUT2D eigenvalue weighted by Gasteiger charge is -2.04. The molecular weight excluding hydrogens is 178 g/mol. The smallest absolute Gasteiger partial charge is 0.132 e. The van der Waals surface area contributed by atoms with Crippen molar-refractivity contribution in [3.63, 3.8) is 0 Å². The van der Waals surface area contributed by atoms with Crippen molar-refractivity contribution in [3.8, 4) is 5.75 Å². The van der Waals surface area contributed by atoms with Crippen molar-refractivity contribution in [2.45, 2.75) is 13.2 Å². The fourth-order valence-electron chi connectivity index (χ4n) is 1.61. The molecule has 0 fully saturated rings. The fraction of sp³-hybridized carbons (Fsp3) is 0.200. The van der Waals surface area contributed by atoms with E-state index in [0.29, 0.717) is 6.61 Å². The molecule has 2 aromatic rings. The Morgan fingerprint density at radius 3 is 3.21 bits per heavy atom. The van der Waals surface area contributed by atoms with E-state index in [0.717, 1.165) is 23.6 Å². The minimum absolute atomic E-state index is 0.546. The van der Waals surface area contributed by atoms with Crippen LogP contribution in [0.15, 0.2) is 30.5 Å². The van der Waals surface area contributed by atoms with Crippen LogP contribution in [-0.2, 0) is 13.2 Å². The SMILES string of the molecule is c1ccc2c(c1)Cn1nncc1CO2. The predicted molar refractivity (Wildman–Crippen MR) is 49.9 cm³/mol. The van der Waals surface area contributed by atoms with Crippen molar-refractivity contribution in [1.82, 2.24) is 15.0 Å². The molecule has 0 unspecified atom stereocenters. The van der Waals surface area contributed by atoms with Gasteiger partial charge in [0.25, 0.3) is 0 Å². The molecule has 1 aromatic carbocycles. The van der Waals surface area contributed by atoms with E-state index in [1.807, 2.05) is 28.9 Å². The molecule has 1 aliphatic heterocycles. The molecule has 0 bridgehead atoms. The highest BCUT2D eigenvalue weighted by Gasteiger charge is 2.13. The number of hydrogen-bond acceptors (Lipinski definition) is 3. The minimum atomic E-state index is 0.546. The summed E-state index contributed by atoms with van der Waals surface area (Å²) in [6.07, 6.45) is 1.74. The van der Waals surface area contributed by atoms with Crippen molar-refractivity contribution in [2.24, 2.45) is 0 Å². The Balaban J connectivity index is 2.10. The van der Waals surface area contributed by atoms with Gasteiger partial charge >= 0.3 is 0 Å². The van der Waals surface area contributed by atoms with Gasteiger partial charge in [-0.25, -0.2) is 4.68 Å². The molecule has 0 saturated carbocycles. The second-order valence-corrected chi connectivity index (χ2v) is 3.28. The van der Waals surface area contributed by atoms with Crippen LogP contribution in [0.2, 0.25) is 0 Å². The summed E-state index contributed by atoms with van der Waals surface area (Å²) in [5, 5.41) is 7.85. The molecule has 2 heterocycles. The maximum atomic E-state index is 5.63. The summed E-state index contributed by atoms with van der Waals surface area (Å²) < 4.78 is 7.50. The average molecular weight is 187 g/mol. The van der Waals surface area contributed by atoms with Gasteiger partial charge in [0.2, 0.25) is 0 Å². The van der Waals surface area contributed by atoms with E-state index in [1.165, 1.54) is 0 Å². The number of nitrogens with zero attached hydrogens (tertiary/aromatic N) is 3. The van der Waals surface area contributed by atoms with Gasteiger partial charge in [-0.05, 0) is 6.07 Å². The Bertz CT molecular complexity index is 464. The average Bonchev–Trinajstić information content (AvgIpc) is 2.58. The highest BCUT2D eigenvalue weighted by molar-refractivity contribution is 5.34. The maximum absolute atomic E-state index is 5.63. The third kappa shape index (κ3) is 1.08. The van der Waals surface area contributed by atoms with Gasteiger partial charge in [0, 0.05) is 5.56 Å². The number of ether oxygens (including phenoxy) is 1. The molecule has 4 nitrogen and oxygen atoms in total. The van der Waals surface area contributed by atoms with Gasteiger partial charge in [-0.3, -0.25) is 0 Å². The number of hydrogen-bond donors (Lipinski definition) is 0. The molecule has 1 aromatic heterocycles. The molecule has 0 saturated heterocycles. The van der Waals surface area contributed by atoms with E-state index in [9.17, 15) is 0 Å². The Hall–Kier alpha value is -1.84. The van der Waals surface area contributed by atoms with Crippen molar-refractivity contribution in [3.05, 3.63) is 41.7 Å². The molecule has 70 valence electrons. The van der Waals surface area contributed by atoms with Crippen LogP contribution in [-0.4, -0.2) is 15.0 Å². The van der Waals surface area contributed by atoms with E-state index in [1.54, 1.807) is 6.20 Å². The third-order valence-corrected chi connectivity index (χ3v) is 2.37. The van der Waals surface area contributed by atoms with Crippen LogP contribution in [0.4, 0.5) is 0 Å². The molecule has 14 heavy (non-hydrogen) atoms. The summed E-state index contributed by atoms with van der Waals surface area (Å²) in [5.41, 5.74) is 2.16. The van der Waals surface area contributed by atoms with E-state index in [-0.39, 0.29) is 0 Å². The maximum Gasteiger partial charge on any atom is 0.132 e. The van der Waals surface area contributed by atoms with E-state index < -0.39 is 0 Å². The first kappa shape index (κ1) is 7.55. The summed E-state index contributed by atoms with van der Waals surface area (Å²) in [5.74, 6) is 0.943. The lowest BCUT2D eigenvalue weighted by molar-refractivity contribution is 0.301. The first-order valence-corrected chi connectivity index (χ1v) is 4.51. The van der Waals surface area contributed by atoms with Crippen LogP contribution in [0, 0.1) is 0 Å². The van der Waals surface area contributed by atoms with Gasteiger partial charge in [0.05, 0.1) is 18.4 Å². The molecule has 0 N–H and O–H groups in total. The highest BCUT2D eigenvalue weighted by atomic mass is 16.5. The van der Waals surface area contributed by atoms with Gasteiger partial charge in [0.1, 0.15) is 12.4 Å². The summed E-state index contributed by atoms with van der Waals surface area (Å²) in [7, 11) is 0. The van der Waals surface area contributed by atoms with Crippen LogP contribution < -0.4 is 4.74 Å². The first-order chi connectivity index (χ1) is 6.93. The zero-order valence-electron chi connectivity index (χ0n) is 7.55. The zero-order valence-corrected chi connectivity index (χ0v) is 7.55. The van der Waals surface area contributed by atoms with E-state index >= 15 is 0 Å². The predicted octanol–water partition coefficient (Wildman–Crippen LogP) is 1.22. The molecule has 4 heteroatoms. The quantitative estimate of drug-likeness (QED) is 0.622. The summed E-state index contributed by atoms with van der Waals surface area (Å²) >= 11 is 0. The zero-order chi connectivity index (χ0) is 9.38. The number of aromatic nitrogens is 3. The van der Waals surface area contributed by atoms with E-state index in [4.69, 9.17) is 4.74 Å². The monoisotopic (exact) mass is 187 g/mol. The summed E-state index contributed by atoms with van der Waals surface area (Å²) in [6.45, 7) is 1.29. The van der Waals surface area contributed by atoms with Gasteiger partial charge in [0.15, 0.2) is 0 Å². The number of fused-ring (bicyclic) bond motifs is 2. The van der Waals surface area contributed by atoms with Crippen molar-refractivity contribution >= 4 is 0 Å². The van der Waals surface area contributed by atoms with Crippen molar-refractivity contribution in [1.29, 1.82) is 0 Å². The molecule has 1 aliphatic rings. The molecule has 0 aliphatic carbocycles. The van der Waals surface area contributed by atoms with Crippen LogP contribution in [0.25, 0.3) is 0 Å². The Morgan fingerprint density at radius 2 is 2.21 bits per heavy atom. The molecule has 3 rings (SSSR count). The lowest BCUT2D eigenvalue weighted by atomic mass is 10.2. The number of para-hydroxylation sites is 1. The standard InChI is InChI=1S/C10H9N3O/c1-2-4-10-8(3-1)6-13-9(7-14-10)5-11-12-13/h1-5H,6-7H2. The normalized spacial score (nSPS) is 13.7. The van der Waals surface area contributed by atoms with Gasteiger partial charge < -0.3 is 4.74 Å². The molecule has 0 radical (unpaired) electrons. The Kier molecular flexibility index (Phi) is 1.53. The van der Waals surface area contributed by atoms with Crippen LogP contribution in [0.3, 0.4) is 0 Å². The van der Waals surface area contributed by atoms with E-state index in [2.05, 4.69) is 10.3 Å². The first-order valence-electron chi connectivity index (χ1n) is 4.51. The molecule has 0 spiro atoms. The van der Waals surface area contributed by atoms with Crippen molar-refractivity contribution in [2.75, 3.05) is 0 Å². The molecular formula is C10H9N3O. The summed E-state index contributed by atoms with van der Waals surface area (Å²) in [6, 6.07) is 8.01. The minimum Gasteiger partial charge on any atom is -0.487 e. The second kappa shape index (κ2) is 2.83. The van der Waals surface area contributed by atoms with Crippen LogP contribution >= 0.6 is 0 Å². The summed E-state index contributed by atoms with van der Waals surface area (Å²) in [4.78, 5) is 0. The third-order valence-electron chi connectivity index (χ3n) is 2.37. The Labute approximate surface area is 81.1 Å². The number of rotatable bonds is 0. The topological polar surface area (TPSA) is 39.9 Å². The molecule has 0 atom stereocenters. The molecule has 0 amide bonds. The lowest BCUT2D eigenvalue weighted by Crippen LogP contribution is -2.03. The second-order valence-electron chi connectivity index (χ2n) is 3.28. The van der Waals surface area contributed by atoms with Gasteiger partial charge in [-0.1, -0.05) is 23.4 Å². The van der Waals surface area contributed by atoms with Gasteiger partial charge in [-0.15, -0.1) is 5.10 Å².